The first-order chi connectivity index (χ1) is 10.1. The molecule has 110 valence electrons. The minimum absolute atomic E-state index is 0.186. The number of carbonyl (C=O) groups excluding carboxylic acids is 1. The van der Waals surface area contributed by atoms with Gasteiger partial charge in [0.25, 0.3) is 5.91 Å². The van der Waals surface area contributed by atoms with Gasteiger partial charge in [-0.3, -0.25) is 4.79 Å². The fourth-order valence-electron chi connectivity index (χ4n) is 1.96. The molecule has 1 heterocycles. The number of benzene rings is 1. The summed E-state index contributed by atoms with van der Waals surface area (Å²) in [6.07, 6.45) is 1.72. The summed E-state index contributed by atoms with van der Waals surface area (Å²) in [5, 5.41) is 2.85. The van der Waals surface area contributed by atoms with E-state index in [-0.39, 0.29) is 5.91 Å². The van der Waals surface area contributed by atoms with Crippen molar-refractivity contribution in [3.05, 3.63) is 58.3 Å². The van der Waals surface area contributed by atoms with Crippen LogP contribution in [0, 0.1) is 6.92 Å². The van der Waals surface area contributed by atoms with Gasteiger partial charge in [-0.15, -0.1) is 0 Å². The topological polar surface area (TPSA) is 51.2 Å². The first-order valence-electron chi connectivity index (χ1n) is 6.60. The number of carbonyl (C=O) groups is 1. The van der Waals surface area contributed by atoms with Crippen molar-refractivity contribution in [3.63, 3.8) is 0 Å². The molecule has 1 N–H and O–H groups in total. The van der Waals surface area contributed by atoms with Gasteiger partial charge >= 0.3 is 0 Å². The normalized spacial score (nSPS) is 12.0. The Morgan fingerprint density at radius 1 is 1.38 bits per heavy atom. The standard InChI is InChI=1S/C16H17BrN2O2/c1-11-8-13(15(17)18-10-11)19-16(20)14(21-2)9-12-6-4-3-5-7-12/h3-8,10,14H,9H2,1-2H3,(H,19,20). The molecule has 1 aromatic carbocycles. The number of ether oxygens (including phenoxy) is 1. The molecule has 0 aliphatic heterocycles. The summed E-state index contributed by atoms with van der Waals surface area (Å²) >= 11 is 3.33. The predicted octanol–water partition coefficient (Wildman–Crippen LogP) is 3.35. The number of hydrogen-bond donors (Lipinski definition) is 1. The van der Waals surface area contributed by atoms with E-state index in [9.17, 15) is 4.79 Å². The number of methoxy groups -OCH3 is 1. The minimum Gasteiger partial charge on any atom is -0.371 e. The fraction of sp³-hybridized carbons (Fsp3) is 0.250. The Kier molecular flexibility index (Phi) is 5.47. The molecule has 0 aliphatic carbocycles. The maximum absolute atomic E-state index is 12.3. The SMILES string of the molecule is COC(Cc1ccccc1)C(=O)Nc1cc(C)cnc1Br. The van der Waals surface area contributed by atoms with Gasteiger partial charge in [-0.2, -0.15) is 0 Å². The van der Waals surface area contributed by atoms with Crippen LogP contribution < -0.4 is 5.32 Å². The molecule has 5 heteroatoms. The lowest BCUT2D eigenvalue weighted by Crippen LogP contribution is -2.31. The van der Waals surface area contributed by atoms with E-state index in [0.29, 0.717) is 16.7 Å². The number of amides is 1. The first-order valence-corrected chi connectivity index (χ1v) is 7.39. The Hall–Kier alpha value is -1.72. The molecule has 2 rings (SSSR count). The molecule has 1 aromatic heterocycles. The van der Waals surface area contributed by atoms with Gasteiger partial charge in [0.15, 0.2) is 0 Å². The molecule has 1 amide bonds. The largest absolute Gasteiger partial charge is 0.371 e. The molecule has 1 unspecified atom stereocenters. The van der Waals surface area contributed by atoms with E-state index in [2.05, 4.69) is 26.2 Å². The highest BCUT2D eigenvalue weighted by Crippen LogP contribution is 2.21. The lowest BCUT2D eigenvalue weighted by Gasteiger charge is -2.16. The first kappa shape index (κ1) is 15.7. The van der Waals surface area contributed by atoms with Crippen molar-refractivity contribution in [2.24, 2.45) is 0 Å². The van der Waals surface area contributed by atoms with E-state index >= 15 is 0 Å². The quantitative estimate of drug-likeness (QED) is 0.843. The number of hydrogen-bond acceptors (Lipinski definition) is 3. The average Bonchev–Trinajstić information content (AvgIpc) is 2.49. The van der Waals surface area contributed by atoms with E-state index in [0.717, 1.165) is 11.1 Å². The summed E-state index contributed by atoms with van der Waals surface area (Å²) in [7, 11) is 1.54. The summed E-state index contributed by atoms with van der Waals surface area (Å²) in [5.41, 5.74) is 2.68. The van der Waals surface area contributed by atoms with Crippen molar-refractivity contribution in [3.8, 4) is 0 Å². The van der Waals surface area contributed by atoms with Crippen molar-refractivity contribution in [2.45, 2.75) is 19.4 Å². The Morgan fingerprint density at radius 2 is 2.10 bits per heavy atom. The van der Waals surface area contributed by atoms with E-state index in [4.69, 9.17) is 4.74 Å². The predicted molar refractivity (Wildman–Crippen MR) is 86.2 cm³/mol. The Bertz CT molecular complexity index is 617. The zero-order chi connectivity index (χ0) is 15.2. The van der Waals surface area contributed by atoms with E-state index in [1.807, 2.05) is 43.3 Å². The van der Waals surface area contributed by atoms with Crippen molar-refractivity contribution in [1.82, 2.24) is 4.98 Å². The lowest BCUT2D eigenvalue weighted by molar-refractivity contribution is -0.125. The van der Waals surface area contributed by atoms with Crippen LogP contribution >= 0.6 is 15.9 Å². The molecular formula is C16H17BrN2O2. The van der Waals surface area contributed by atoms with Crippen LogP contribution in [0.25, 0.3) is 0 Å². The molecule has 21 heavy (non-hydrogen) atoms. The molecule has 1 atom stereocenters. The number of halogens is 1. The number of nitrogens with one attached hydrogen (secondary N) is 1. The maximum atomic E-state index is 12.3. The van der Waals surface area contributed by atoms with Gasteiger partial charge in [0.1, 0.15) is 10.7 Å². The van der Waals surface area contributed by atoms with Crippen molar-refractivity contribution in [2.75, 3.05) is 12.4 Å². The summed E-state index contributed by atoms with van der Waals surface area (Å²) in [5.74, 6) is -0.186. The highest BCUT2D eigenvalue weighted by molar-refractivity contribution is 9.10. The van der Waals surface area contributed by atoms with E-state index in [1.54, 1.807) is 6.20 Å². The summed E-state index contributed by atoms with van der Waals surface area (Å²) < 4.78 is 5.92. The zero-order valence-corrected chi connectivity index (χ0v) is 13.6. The molecule has 0 radical (unpaired) electrons. The van der Waals surface area contributed by atoms with Crippen LogP contribution in [0.1, 0.15) is 11.1 Å². The summed E-state index contributed by atoms with van der Waals surface area (Å²) in [4.78, 5) is 16.5. The smallest absolute Gasteiger partial charge is 0.253 e. The van der Waals surface area contributed by atoms with Crippen LogP contribution in [-0.2, 0) is 16.0 Å². The summed E-state index contributed by atoms with van der Waals surface area (Å²) in [6.45, 7) is 1.92. The van der Waals surface area contributed by atoms with Crippen LogP contribution in [-0.4, -0.2) is 24.1 Å². The Balaban J connectivity index is 2.08. The van der Waals surface area contributed by atoms with Gasteiger partial charge in [-0.25, -0.2) is 4.98 Å². The van der Waals surface area contributed by atoms with Crippen molar-refractivity contribution < 1.29 is 9.53 Å². The zero-order valence-electron chi connectivity index (χ0n) is 12.0. The van der Waals surface area contributed by atoms with Gasteiger partial charge in [0, 0.05) is 19.7 Å². The Labute approximate surface area is 132 Å². The molecular weight excluding hydrogens is 332 g/mol. The van der Waals surface area contributed by atoms with E-state index < -0.39 is 6.10 Å². The van der Waals surface area contributed by atoms with E-state index in [1.165, 1.54) is 7.11 Å². The second-order valence-electron chi connectivity index (χ2n) is 4.75. The second kappa shape index (κ2) is 7.33. The number of pyridine rings is 1. The van der Waals surface area contributed by atoms with Gasteiger partial charge in [0.05, 0.1) is 5.69 Å². The summed E-state index contributed by atoms with van der Waals surface area (Å²) in [6, 6.07) is 11.7. The molecule has 0 spiro atoms. The molecule has 4 nitrogen and oxygen atoms in total. The lowest BCUT2D eigenvalue weighted by atomic mass is 10.1. The molecule has 0 saturated carbocycles. The van der Waals surface area contributed by atoms with Crippen LogP contribution in [0.3, 0.4) is 0 Å². The third-order valence-electron chi connectivity index (χ3n) is 3.07. The number of aryl methyl sites for hydroxylation is 1. The Morgan fingerprint density at radius 3 is 2.76 bits per heavy atom. The molecule has 0 fully saturated rings. The van der Waals surface area contributed by atoms with Gasteiger partial charge in [-0.1, -0.05) is 30.3 Å². The van der Waals surface area contributed by atoms with Crippen molar-refractivity contribution in [1.29, 1.82) is 0 Å². The fourth-order valence-corrected chi connectivity index (χ4v) is 2.28. The molecule has 0 aliphatic rings. The van der Waals surface area contributed by atoms with Gasteiger partial charge in [0.2, 0.25) is 0 Å². The third kappa shape index (κ3) is 4.37. The average molecular weight is 349 g/mol. The van der Waals surface area contributed by atoms with Gasteiger partial charge in [-0.05, 0) is 40.0 Å². The number of aromatic nitrogens is 1. The monoisotopic (exact) mass is 348 g/mol. The number of nitrogens with zero attached hydrogens (tertiary/aromatic N) is 1. The second-order valence-corrected chi connectivity index (χ2v) is 5.51. The van der Waals surface area contributed by atoms with Crippen LogP contribution in [0.5, 0.6) is 0 Å². The molecule has 0 bridgehead atoms. The minimum atomic E-state index is -0.542. The van der Waals surface area contributed by atoms with Crippen LogP contribution in [0.15, 0.2) is 47.2 Å². The highest BCUT2D eigenvalue weighted by atomic mass is 79.9. The van der Waals surface area contributed by atoms with Crippen molar-refractivity contribution >= 4 is 27.5 Å². The number of rotatable bonds is 5. The van der Waals surface area contributed by atoms with Gasteiger partial charge < -0.3 is 10.1 Å². The number of anilines is 1. The van der Waals surface area contributed by atoms with Crippen LogP contribution in [0.4, 0.5) is 5.69 Å². The third-order valence-corrected chi connectivity index (χ3v) is 3.71. The highest BCUT2D eigenvalue weighted by Gasteiger charge is 2.19. The molecule has 2 aromatic rings. The van der Waals surface area contributed by atoms with Crippen LogP contribution in [0.2, 0.25) is 0 Å². The maximum Gasteiger partial charge on any atom is 0.253 e. The molecule has 0 saturated heterocycles.